The van der Waals surface area contributed by atoms with Crippen LogP contribution in [0.2, 0.25) is 0 Å². The molecule has 0 atom stereocenters. The van der Waals surface area contributed by atoms with Crippen LogP contribution in [-0.2, 0) is 26.2 Å². The van der Waals surface area contributed by atoms with Crippen LogP contribution in [-0.4, -0.2) is 29.2 Å². The molecular formula is C15H20NO2Zr-. The second-order valence-electron chi connectivity index (χ2n) is 4.12. The molecule has 0 aliphatic heterocycles. The first kappa shape index (κ1) is 18.0. The molecule has 0 saturated carbocycles. The van der Waals surface area contributed by atoms with Crippen LogP contribution < -0.4 is 0 Å². The first-order chi connectivity index (χ1) is 8.58. The van der Waals surface area contributed by atoms with E-state index >= 15 is 0 Å². The molecule has 19 heavy (non-hydrogen) atoms. The molecule has 3 nitrogen and oxygen atoms in total. The average Bonchev–Trinajstić information content (AvgIpc) is 2.71. The standard InChI is InChI=1S/C10H9.C5H11NO2.Zr/c1-8-6-9-4-2-3-5-10(9)7-8;1-3-6(4-2)5(7)8;/h2-7H,1H3;3-4H2,1-2H3,(H,7,8);/q-1;;. The Balaban J connectivity index is 0.000000335. The van der Waals surface area contributed by atoms with E-state index in [1.165, 1.54) is 21.2 Å². The van der Waals surface area contributed by atoms with Crippen molar-refractivity contribution >= 4 is 16.9 Å². The van der Waals surface area contributed by atoms with Gasteiger partial charge in [0.2, 0.25) is 0 Å². The molecule has 0 aliphatic carbocycles. The summed E-state index contributed by atoms with van der Waals surface area (Å²) in [6, 6.07) is 12.8. The maximum atomic E-state index is 10.1. The monoisotopic (exact) mass is 336 g/mol. The number of rotatable bonds is 2. The molecule has 102 valence electrons. The smallest absolute Gasteiger partial charge is 0.407 e. The molecule has 0 radical (unpaired) electrons. The third-order valence-electron chi connectivity index (χ3n) is 2.80. The Morgan fingerprint density at radius 3 is 2.26 bits per heavy atom. The Kier molecular flexibility index (Phi) is 8.50. The molecule has 0 saturated heterocycles. The number of benzene rings is 1. The van der Waals surface area contributed by atoms with Gasteiger partial charge in [0.15, 0.2) is 0 Å². The molecule has 4 heteroatoms. The Morgan fingerprint density at radius 1 is 1.26 bits per heavy atom. The van der Waals surface area contributed by atoms with Crippen molar-refractivity contribution in [3.05, 3.63) is 42.0 Å². The summed E-state index contributed by atoms with van der Waals surface area (Å²) in [5, 5.41) is 11.0. The predicted molar refractivity (Wildman–Crippen MR) is 75.2 cm³/mol. The molecular weight excluding hydrogens is 317 g/mol. The van der Waals surface area contributed by atoms with Crippen molar-refractivity contribution < 1.29 is 36.1 Å². The summed E-state index contributed by atoms with van der Waals surface area (Å²) >= 11 is 0. The molecule has 0 spiro atoms. The molecule has 2 aromatic rings. The minimum absolute atomic E-state index is 0. The van der Waals surface area contributed by atoms with Crippen molar-refractivity contribution in [1.82, 2.24) is 4.90 Å². The first-order valence-electron chi connectivity index (χ1n) is 6.18. The van der Waals surface area contributed by atoms with Gasteiger partial charge < -0.3 is 10.0 Å². The number of hydrogen-bond acceptors (Lipinski definition) is 1. The van der Waals surface area contributed by atoms with Crippen molar-refractivity contribution in [3.63, 3.8) is 0 Å². The molecule has 2 aromatic carbocycles. The molecule has 0 aliphatic rings. The Hall–Kier alpha value is -1.02. The zero-order valence-electron chi connectivity index (χ0n) is 11.7. The van der Waals surface area contributed by atoms with Gasteiger partial charge in [0.25, 0.3) is 0 Å². The van der Waals surface area contributed by atoms with E-state index in [4.69, 9.17) is 5.11 Å². The van der Waals surface area contributed by atoms with Gasteiger partial charge in [-0.2, -0.15) is 6.07 Å². The number of carbonyl (C=O) groups is 1. The molecule has 0 unspecified atom stereocenters. The van der Waals surface area contributed by atoms with E-state index in [1.54, 1.807) is 0 Å². The van der Waals surface area contributed by atoms with Gasteiger partial charge in [-0.1, -0.05) is 13.0 Å². The zero-order chi connectivity index (χ0) is 13.5. The third kappa shape index (κ3) is 5.65. The van der Waals surface area contributed by atoms with Crippen LogP contribution in [0.3, 0.4) is 0 Å². The summed E-state index contributed by atoms with van der Waals surface area (Å²) in [6.07, 6.45) is -0.838. The normalized spacial score (nSPS) is 9.21. The van der Waals surface area contributed by atoms with Gasteiger partial charge >= 0.3 is 6.09 Å². The van der Waals surface area contributed by atoms with Crippen LogP contribution in [0.5, 0.6) is 0 Å². The van der Waals surface area contributed by atoms with Crippen LogP contribution in [0.1, 0.15) is 19.4 Å². The fourth-order valence-electron chi connectivity index (χ4n) is 1.80. The number of fused-ring (bicyclic) bond motifs is 1. The fraction of sp³-hybridized carbons (Fsp3) is 0.333. The molecule has 2 rings (SSSR count). The summed E-state index contributed by atoms with van der Waals surface area (Å²) in [6.45, 7) is 6.91. The molecule has 1 amide bonds. The van der Waals surface area contributed by atoms with E-state index in [1.807, 2.05) is 13.8 Å². The maximum absolute atomic E-state index is 10.1. The van der Waals surface area contributed by atoms with Crippen LogP contribution in [0.15, 0.2) is 36.4 Å². The average molecular weight is 338 g/mol. The number of nitrogens with zero attached hydrogens (tertiary/aromatic N) is 1. The summed E-state index contributed by atoms with van der Waals surface area (Å²) < 4.78 is 0. The van der Waals surface area contributed by atoms with Crippen LogP contribution >= 0.6 is 0 Å². The minimum Gasteiger partial charge on any atom is -0.465 e. The maximum Gasteiger partial charge on any atom is 0.407 e. The third-order valence-corrected chi connectivity index (χ3v) is 2.80. The fourth-order valence-corrected chi connectivity index (χ4v) is 1.80. The Labute approximate surface area is 133 Å². The van der Waals surface area contributed by atoms with Crippen molar-refractivity contribution in [3.8, 4) is 0 Å². The van der Waals surface area contributed by atoms with Gasteiger partial charge in [0, 0.05) is 39.3 Å². The van der Waals surface area contributed by atoms with Gasteiger partial charge in [0.05, 0.1) is 0 Å². The van der Waals surface area contributed by atoms with E-state index in [9.17, 15) is 4.79 Å². The van der Waals surface area contributed by atoms with E-state index in [0.717, 1.165) is 0 Å². The number of hydrogen-bond donors (Lipinski definition) is 1. The van der Waals surface area contributed by atoms with Crippen LogP contribution in [0.4, 0.5) is 4.79 Å². The summed E-state index contributed by atoms with van der Waals surface area (Å²) in [4.78, 5) is 11.4. The number of aryl methyl sites for hydroxylation is 1. The Bertz CT molecular complexity index is 471. The first-order valence-corrected chi connectivity index (χ1v) is 6.18. The molecule has 0 aromatic heterocycles. The van der Waals surface area contributed by atoms with E-state index in [0.29, 0.717) is 13.1 Å². The number of carboxylic acid groups (broad SMARTS) is 1. The summed E-state index contributed by atoms with van der Waals surface area (Å²) in [7, 11) is 0. The van der Waals surface area contributed by atoms with Gasteiger partial charge in [0.1, 0.15) is 0 Å². The molecule has 0 fully saturated rings. The molecule has 1 N–H and O–H groups in total. The second-order valence-corrected chi connectivity index (χ2v) is 4.12. The van der Waals surface area contributed by atoms with E-state index in [2.05, 4.69) is 43.3 Å². The van der Waals surface area contributed by atoms with Gasteiger partial charge in [-0.05, 0) is 13.8 Å². The van der Waals surface area contributed by atoms with E-state index in [-0.39, 0.29) is 26.2 Å². The van der Waals surface area contributed by atoms with E-state index < -0.39 is 6.09 Å². The van der Waals surface area contributed by atoms with Crippen molar-refractivity contribution in [2.75, 3.05) is 13.1 Å². The quantitative estimate of drug-likeness (QED) is 0.845. The minimum atomic E-state index is -0.838. The molecule has 0 heterocycles. The van der Waals surface area contributed by atoms with Crippen molar-refractivity contribution in [2.24, 2.45) is 0 Å². The van der Waals surface area contributed by atoms with Crippen molar-refractivity contribution in [2.45, 2.75) is 20.8 Å². The summed E-state index contributed by atoms with van der Waals surface area (Å²) in [5.41, 5.74) is 1.35. The number of amides is 1. The second kappa shape index (κ2) is 8.98. The summed E-state index contributed by atoms with van der Waals surface area (Å²) in [5.74, 6) is 0. The van der Waals surface area contributed by atoms with Crippen LogP contribution in [0, 0.1) is 6.92 Å². The van der Waals surface area contributed by atoms with Gasteiger partial charge in [-0.3, -0.25) is 0 Å². The van der Waals surface area contributed by atoms with Gasteiger partial charge in [-0.25, -0.2) is 4.79 Å². The van der Waals surface area contributed by atoms with Crippen LogP contribution in [0.25, 0.3) is 10.8 Å². The Morgan fingerprint density at radius 2 is 1.84 bits per heavy atom. The zero-order valence-corrected chi connectivity index (χ0v) is 14.1. The topological polar surface area (TPSA) is 40.5 Å². The van der Waals surface area contributed by atoms with Gasteiger partial charge in [-0.15, -0.1) is 40.6 Å². The van der Waals surface area contributed by atoms with Crippen molar-refractivity contribution in [1.29, 1.82) is 0 Å². The SMILES string of the molecule is CCN(CC)C(=O)O.Cc1cc2ccccc2[cH-]1.[Zr]. The predicted octanol–water partition coefficient (Wildman–Crippen LogP) is 3.87. The molecule has 0 bridgehead atoms. The largest absolute Gasteiger partial charge is 0.465 e.